The van der Waals surface area contributed by atoms with Gasteiger partial charge in [0.25, 0.3) is 0 Å². The molecule has 1 unspecified atom stereocenters. The van der Waals surface area contributed by atoms with Gasteiger partial charge in [0, 0.05) is 25.1 Å². The largest absolute Gasteiger partial charge is 0.469 e. The first-order valence-electron chi connectivity index (χ1n) is 9.29. The number of nitrogens with zero attached hydrogens (tertiary/aromatic N) is 1. The van der Waals surface area contributed by atoms with Crippen LogP contribution < -0.4 is 0 Å². The lowest BCUT2D eigenvalue weighted by Gasteiger charge is -2.22. The molecule has 1 rings (SSSR count). The van der Waals surface area contributed by atoms with E-state index >= 15 is 0 Å². The third kappa shape index (κ3) is 8.76. The number of ether oxygens (including phenoxy) is 1. The van der Waals surface area contributed by atoms with Crippen molar-refractivity contribution in [3.63, 3.8) is 0 Å². The summed E-state index contributed by atoms with van der Waals surface area (Å²) in [4.78, 5) is 25.1. The van der Waals surface area contributed by atoms with Crippen molar-refractivity contribution in [3.8, 4) is 0 Å². The minimum Gasteiger partial charge on any atom is -0.469 e. The van der Waals surface area contributed by atoms with Crippen LogP contribution in [0, 0.1) is 0 Å². The number of rotatable bonds is 13. The van der Waals surface area contributed by atoms with E-state index < -0.39 is 0 Å². The fraction of sp³-hybridized carbons (Fsp3) is 0.789. The fourth-order valence-electron chi connectivity index (χ4n) is 2.87. The van der Waals surface area contributed by atoms with Crippen LogP contribution in [0.5, 0.6) is 0 Å². The second kappa shape index (κ2) is 13.3. The lowest BCUT2D eigenvalue weighted by atomic mass is 10.1. The van der Waals surface area contributed by atoms with E-state index in [2.05, 4.69) is 23.8 Å². The summed E-state index contributed by atoms with van der Waals surface area (Å²) >= 11 is 1.81. The zero-order valence-corrected chi connectivity index (χ0v) is 16.1. The Morgan fingerprint density at radius 3 is 2.88 bits per heavy atom. The van der Waals surface area contributed by atoms with Gasteiger partial charge in [0.1, 0.15) is 0 Å². The number of carbonyl (C=O) groups is 2. The van der Waals surface area contributed by atoms with Gasteiger partial charge < -0.3 is 9.64 Å². The number of methoxy groups -OCH3 is 1. The van der Waals surface area contributed by atoms with Gasteiger partial charge in [0.05, 0.1) is 13.2 Å². The maximum absolute atomic E-state index is 12.0. The molecule has 0 N–H and O–H groups in total. The number of thioether (sulfide) groups is 1. The highest BCUT2D eigenvalue weighted by molar-refractivity contribution is 7.99. The molecule has 0 aromatic rings. The number of amides is 1. The van der Waals surface area contributed by atoms with E-state index in [0.717, 1.165) is 37.3 Å². The Hall–Kier alpha value is -0.970. The summed E-state index contributed by atoms with van der Waals surface area (Å²) < 4.78 is 4.63. The highest BCUT2D eigenvalue weighted by atomic mass is 32.2. The van der Waals surface area contributed by atoms with Gasteiger partial charge >= 0.3 is 5.97 Å². The van der Waals surface area contributed by atoms with Gasteiger partial charge in [-0.2, -0.15) is 11.8 Å². The van der Waals surface area contributed by atoms with Crippen molar-refractivity contribution in [1.82, 2.24) is 4.90 Å². The molecular weight excluding hydrogens is 322 g/mol. The summed E-state index contributed by atoms with van der Waals surface area (Å²) in [6.45, 7) is 3.04. The summed E-state index contributed by atoms with van der Waals surface area (Å²) in [5.74, 6) is 2.02. The molecule has 0 aliphatic carbocycles. The van der Waals surface area contributed by atoms with Crippen molar-refractivity contribution in [3.05, 3.63) is 12.2 Å². The molecule has 138 valence electrons. The van der Waals surface area contributed by atoms with Crippen LogP contribution >= 0.6 is 11.8 Å². The fourth-order valence-corrected chi connectivity index (χ4v) is 3.75. The zero-order chi connectivity index (χ0) is 17.6. The first-order valence-corrected chi connectivity index (χ1v) is 10.4. The summed E-state index contributed by atoms with van der Waals surface area (Å²) in [7, 11) is 1.42. The number of hydrogen-bond acceptors (Lipinski definition) is 4. The van der Waals surface area contributed by atoms with E-state index in [1.165, 1.54) is 32.8 Å². The number of hydrogen-bond donors (Lipinski definition) is 0. The van der Waals surface area contributed by atoms with Crippen molar-refractivity contribution in [1.29, 1.82) is 0 Å². The monoisotopic (exact) mass is 355 g/mol. The molecular formula is C19H33NO3S. The molecule has 0 saturated carbocycles. The second-order valence-electron chi connectivity index (χ2n) is 6.26. The van der Waals surface area contributed by atoms with Crippen LogP contribution in [0.3, 0.4) is 0 Å². The van der Waals surface area contributed by atoms with Crippen LogP contribution in [-0.4, -0.2) is 48.0 Å². The number of carbonyl (C=O) groups excluding carboxylic acids is 2. The van der Waals surface area contributed by atoms with E-state index in [-0.39, 0.29) is 11.9 Å². The Morgan fingerprint density at radius 1 is 1.29 bits per heavy atom. The van der Waals surface area contributed by atoms with E-state index in [9.17, 15) is 9.59 Å². The summed E-state index contributed by atoms with van der Waals surface area (Å²) in [5.41, 5.74) is 0. The van der Waals surface area contributed by atoms with Crippen LogP contribution in [0.15, 0.2) is 12.2 Å². The number of allylic oxidation sites excluding steroid dienone is 1. The Balaban J connectivity index is 2.17. The van der Waals surface area contributed by atoms with Crippen molar-refractivity contribution in [2.24, 2.45) is 0 Å². The highest BCUT2D eigenvalue weighted by Crippen LogP contribution is 2.21. The van der Waals surface area contributed by atoms with Crippen molar-refractivity contribution < 1.29 is 14.3 Å². The average Bonchev–Trinajstić information content (AvgIpc) is 2.94. The van der Waals surface area contributed by atoms with Gasteiger partial charge in [-0.3, -0.25) is 9.59 Å². The van der Waals surface area contributed by atoms with Crippen LogP contribution in [0.4, 0.5) is 0 Å². The second-order valence-corrected chi connectivity index (χ2v) is 7.49. The number of esters is 1. The maximum Gasteiger partial charge on any atom is 0.305 e. The minimum absolute atomic E-state index is 0.144. The molecule has 1 fully saturated rings. The van der Waals surface area contributed by atoms with E-state index in [1.54, 1.807) is 0 Å². The molecule has 5 heteroatoms. The van der Waals surface area contributed by atoms with Gasteiger partial charge in [0.15, 0.2) is 0 Å². The minimum atomic E-state index is -0.144. The summed E-state index contributed by atoms with van der Waals surface area (Å²) in [6.07, 6.45) is 13.7. The SMILES string of the molecule is CCCCCC/C=C/C1CCC(=O)N1CCSCCCC(=O)OC. The van der Waals surface area contributed by atoms with Crippen molar-refractivity contribution >= 4 is 23.6 Å². The van der Waals surface area contributed by atoms with Crippen molar-refractivity contribution in [2.45, 2.75) is 70.8 Å². The van der Waals surface area contributed by atoms with Gasteiger partial charge in [-0.1, -0.05) is 38.3 Å². The molecule has 1 heterocycles. The molecule has 0 spiro atoms. The molecule has 4 nitrogen and oxygen atoms in total. The van der Waals surface area contributed by atoms with Gasteiger partial charge in [-0.25, -0.2) is 0 Å². The van der Waals surface area contributed by atoms with E-state index in [4.69, 9.17) is 0 Å². The Bertz CT molecular complexity index is 398. The standard InChI is InChI=1S/C19H33NO3S/c1-3-4-5-6-7-8-10-17-12-13-18(21)20(17)14-16-24-15-9-11-19(22)23-2/h8,10,17H,3-7,9,11-16H2,1-2H3/b10-8+. The highest BCUT2D eigenvalue weighted by Gasteiger charge is 2.28. The van der Waals surface area contributed by atoms with Crippen molar-refractivity contribution in [2.75, 3.05) is 25.2 Å². The van der Waals surface area contributed by atoms with Crippen LogP contribution in [0.25, 0.3) is 0 Å². The molecule has 1 aliphatic heterocycles. The Morgan fingerprint density at radius 2 is 2.12 bits per heavy atom. The average molecular weight is 356 g/mol. The molecule has 1 atom stereocenters. The summed E-state index contributed by atoms with van der Waals surface area (Å²) in [6, 6.07) is 0.291. The van der Waals surface area contributed by atoms with Gasteiger partial charge in [-0.05, 0) is 31.4 Å². The number of likely N-dealkylation sites (tertiary alicyclic amines) is 1. The molecule has 24 heavy (non-hydrogen) atoms. The molecule has 1 saturated heterocycles. The topological polar surface area (TPSA) is 46.6 Å². The quantitative estimate of drug-likeness (QED) is 0.282. The Kier molecular flexibility index (Phi) is 11.7. The summed E-state index contributed by atoms with van der Waals surface area (Å²) in [5, 5.41) is 0. The Labute approximate surface area is 151 Å². The molecule has 0 radical (unpaired) electrons. The van der Waals surface area contributed by atoms with E-state index in [0.29, 0.717) is 18.9 Å². The van der Waals surface area contributed by atoms with Gasteiger partial charge in [0.2, 0.25) is 5.91 Å². The first-order chi connectivity index (χ1) is 11.7. The molecule has 0 aromatic heterocycles. The number of unbranched alkanes of at least 4 members (excludes halogenated alkanes) is 4. The smallest absolute Gasteiger partial charge is 0.305 e. The molecule has 0 bridgehead atoms. The van der Waals surface area contributed by atoms with E-state index in [1.807, 2.05) is 16.7 Å². The molecule has 0 aromatic carbocycles. The van der Waals surface area contributed by atoms with Crippen LogP contribution in [0.2, 0.25) is 0 Å². The predicted molar refractivity (Wildman–Crippen MR) is 101 cm³/mol. The maximum atomic E-state index is 12.0. The van der Waals surface area contributed by atoms with Gasteiger partial charge in [-0.15, -0.1) is 0 Å². The first kappa shape index (κ1) is 21.1. The third-order valence-electron chi connectivity index (χ3n) is 4.33. The lowest BCUT2D eigenvalue weighted by molar-refractivity contribution is -0.140. The zero-order valence-electron chi connectivity index (χ0n) is 15.3. The predicted octanol–water partition coefficient (Wildman–Crippen LogP) is 4.19. The molecule has 1 aliphatic rings. The van der Waals surface area contributed by atoms with Crippen LogP contribution in [-0.2, 0) is 14.3 Å². The normalized spacial score (nSPS) is 17.8. The lowest BCUT2D eigenvalue weighted by Crippen LogP contribution is -2.33. The molecule has 1 amide bonds. The third-order valence-corrected chi connectivity index (χ3v) is 5.38. The van der Waals surface area contributed by atoms with Crippen LogP contribution in [0.1, 0.15) is 64.7 Å².